The van der Waals surface area contributed by atoms with E-state index in [0.29, 0.717) is 22.9 Å². The highest BCUT2D eigenvalue weighted by Crippen LogP contribution is 2.45. The molecule has 1 fully saturated rings. The van der Waals surface area contributed by atoms with E-state index in [1.165, 1.54) is 12.1 Å². The van der Waals surface area contributed by atoms with Crippen molar-refractivity contribution in [3.05, 3.63) is 35.8 Å². The molecule has 0 bridgehead atoms. The molecule has 0 spiro atoms. The number of aromatic amines is 1. The van der Waals surface area contributed by atoms with E-state index in [9.17, 15) is 9.18 Å². The molecule has 1 aliphatic rings. The normalized spacial score (nSPS) is 14.9. The molecular formula is C17H20FN3O. The summed E-state index contributed by atoms with van der Waals surface area (Å²) in [6.07, 6.45) is 2.17. The van der Waals surface area contributed by atoms with Crippen molar-refractivity contribution in [3.8, 4) is 11.3 Å². The molecule has 2 aromatic rings. The maximum Gasteiger partial charge on any atom is 0.229 e. The van der Waals surface area contributed by atoms with E-state index >= 15 is 0 Å². The summed E-state index contributed by atoms with van der Waals surface area (Å²) in [5, 5.41) is 10.3. The highest BCUT2D eigenvalue weighted by molar-refractivity contribution is 5.98. The molecule has 3 rings (SSSR count). The quantitative estimate of drug-likeness (QED) is 0.897. The van der Waals surface area contributed by atoms with Crippen LogP contribution in [-0.2, 0) is 4.79 Å². The molecule has 1 amide bonds. The number of halogens is 1. The highest BCUT2D eigenvalue weighted by atomic mass is 19.1. The van der Waals surface area contributed by atoms with E-state index in [0.717, 1.165) is 18.5 Å². The molecule has 1 aliphatic carbocycles. The van der Waals surface area contributed by atoms with Gasteiger partial charge in [-0.25, -0.2) is 4.39 Å². The lowest BCUT2D eigenvalue weighted by Gasteiger charge is -2.18. The number of carbonyl (C=O) groups excluding carboxylic acids is 1. The van der Waals surface area contributed by atoms with Gasteiger partial charge in [0.05, 0.1) is 11.4 Å². The van der Waals surface area contributed by atoms with Gasteiger partial charge in [0.15, 0.2) is 0 Å². The van der Waals surface area contributed by atoms with Crippen LogP contribution in [0.2, 0.25) is 0 Å². The van der Waals surface area contributed by atoms with Gasteiger partial charge in [-0.3, -0.25) is 9.89 Å². The molecule has 0 saturated heterocycles. The lowest BCUT2D eigenvalue weighted by atomic mass is 9.95. The summed E-state index contributed by atoms with van der Waals surface area (Å²) in [4.78, 5) is 12.4. The van der Waals surface area contributed by atoms with Crippen molar-refractivity contribution in [2.24, 2.45) is 5.41 Å². The van der Waals surface area contributed by atoms with Crippen molar-refractivity contribution in [2.75, 3.05) is 5.32 Å². The first kappa shape index (κ1) is 14.8. The van der Waals surface area contributed by atoms with Gasteiger partial charge in [-0.2, -0.15) is 5.10 Å². The Morgan fingerprint density at radius 1 is 1.36 bits per heavy atom. The number of carbonyl (C=O) groups is 1. The Labute approximate surface area is 129 Å². The SMILES string of the molecule is CC(C)(C)C(=O)Nc1c(-c2cccc(F)c2)n[nH]c1C1CC1. The lowest BCUT2D eigenvalue weighted by molar-refractivity contribution is -0.123. The Morgan fingerprint density at radius 2 is 2.09 bits per heavy atom. The van der Waals surface area contributed by atoms with Crippen LogP contribution in [0.15, 0.2) is 24.3 Å². The Balaban J connectivity index is 2.02. The molecule has 0 unspecified atom stereocenters. The Morgan fingerprint density at radius 3 is 2.68 bits per heavy atom. The van der Waals surface area contributed by atoms with Gasteiger partial charge < -0.3 is 5.32 Å². The number of amides is 1. The zero-order valence-electron chi connectivity index (χ0n) is 13.0. The van der Waals surface area contributed by atoms with Crippen molar-refractivity contribution >= 4 is 11.6 Å². The van der Waals surface area contributed by atoms with Crippen LogP contribution >= 0.6 is 0 Å². The molecule has 22 heavy (non-hydrogen) atoms. The fourth-order valence-electron chi connectivity index (χ4n) is 2.30. The predicted octanol–water partition coefficient (Wildman–Crippen LogP) is 4.08. The minimum atomic E-state index is -0.503. The van der Waals surface area contributed by atoms with Crippen molar-refractivity contribution in [2.45, 2.75) is 39.5 Å². The number of hydrogen-bond donors (Lipinski definition) is 2. The van der Waals surface area contributed by atoms with E-state index in [4.69, 9.17) is 0 Å². The number of rotatable bonds is 3. The minimum Gasteiger partial charge on any atom is -0.322 e. The number of hydrogen-bond acceptors (Lipinski definition) is 2. The number of aromatic nitrogens is 2. The van der Waals surface area contributed by atoms with Gasteiger partial charge in [-0.15, -0.1) is 0 Å². The van der Waals surface area contributed by atoms with Gasteiger partial charge in [0.1, 0.15) is 11.5 Å². The third-order valence-corrected chi connectivity index (χ3v) is 3.80. The molecule has 0 atom stereocenters. The van der Waals surface area contributed by atoms with Gasteiger partial charge in [0.2, 0.25) is 5.91 Å². The average molecular weight is 301 g/mol. The fraction of sp³-hybridized carbons (Fsp3) is 0.412. The average Bonchev–Trinajstić information content (AvgIpc) is 3.19. The van der Waals surface area contributed by atoms with Crippen LogP contribution in [-0.4, -0.2) is 16.1 Å². The molecular weight excluding hydrogens is 281 g/mol. The van der Waals surface area contributed by atoms with Crippen LogP contribution in [0.4, 0.5) is 10.1 Å². The summed E-state index contributed by atoms with van der Waals surface area (Å²) in [7, 11) is 0. The van der Waals surface area contributed by atoms with Crippen LogP contribution < -0.4 is 5.32 Å². The first-order valence-electron chi connectivity index (χ1n) is 7.52. The number of nitrogens with one attached hydrogen (secondary N) is 2. The van der Waals surface area contributed by atoms with Gasteiger partial charge >= 0.3 is 0 Å². The second kappa shape index (κ2) is 5.23. The number of nitrogens with zero attached hydrogens (tertiary/aromatic N) is 1. The predicted molar refractivity (Wildman–Crippen MR) is 84.0 cm³/mol. The molecule has 4 nitrogen and oxygen atoms in total. The fourth-order valence-corrected chi connectivity index (χ4v) is 2.30. The highest BCUT2D eigenvalue weighted by Gasteiger charge is 2.32. The molecule has 0 aliphatic heterocycles. The molecule has 1 aromatic heterocycles. The smallest absolute Gasteiger partial charge is 0.229 e. The van der Waals surface area contributed by atoms with E-state index in [1.807, 2.05) is 20.8 Å². The topological polar surface area (TPSA) is 57.8 Å². The summed E-state index contributed by atoms with van der Waals surface area (Å²) in [6, 6.07) is 6.26. The van der Waals surface area contributed by atoms with E-state index < -0.39 is 5.41 Å². The van der Waals surface area contributed by atoms with Gasteiger partial charge in [0.25, 0.3) is 0 Å². The largest absolute Gasteiger partial charge is 0.322 e. The number of benzene rings is 1. The van der Waals surface area contributed by atoms with Gasteiger partial charge in [-0.1, -0.05) is 32.9 Å². The molecule has 0 radical (unpaired) electrons. The van der Waals surface area contributed by atoms with E-state index in [1.54, 1.807) is 12.1 Å². The van der Waals surface area contributed by atoms with Gasteiger partial charge in [-0.05, 0) is 25.0 Å². The van der Waals surface area contributed by atoms with Crippen LogP contribution in [0, 0.1) is 11.2 Å². The third-order valence-electron chi connectivity index (χ3n) is 3.80. The third kappa shape index (κ3) is 2.89. The lowest BCUT2D eigenvalue weighted by Crippen LogP contribution is -2.28. The molecule has 2 N–H and O–H groups in total. The monoisotopic (exact) mass is 301 g/mol. The van der Waals surface area contributed by atoms with Crippen molar-refractivity contribution in [3.63, 3.8) is 0 Å². The van der Waals surface area contributed by atoms with E-state index in [2.05, 4.69) is 15.5 Å². The molecule has 1 aromatic carbocycles. The van der Waals surface area contributed by atoms with Crippen molar-refractivity contribution < 1.29 is 9.18 Å². The molecule has 5 heteroatoms. The van der Waals surface area contributed by atoms with Crippen LogP contribution in [0.1, 0.15) is 45.2 Å². The summed E-state index contributed by atoms with van der Waals surface area (Å²) < 4.78 is 13.5. The Bertz CT molecular complexity index is 711. The second-order valence-corrected chi connectivity index (χ2v) is 6.85. The summed E-state index contributed by atoms with van der Waals surface area (Å²) in [5.74, 6) is 0.0140. The molecule has 1 saturated carbocycles. The second-order valence-electron chi connectivity index (χ2n) is 6.85. The molecule has 1 heterocycles. The number of anilines is 1. The first-order chi connectivity index (χ1) is 10.4. The van der Waals surface area contributed by atoms with Crippen LogP contribution in [0.5, 0.6) is 0 Å². The maximum atomic E-state index is 13.5. The summed E-state index contributed by atoms with van der Waals surface area (Å²) in [5.41, 5.74) is 2.38. The Hall–Kier alpha value is -2.17. The molecule has 116 valence electrons. The maximum absolute atomic E-state index is 13.5. The Kier molecular flexibility index (Phi) is 3.51. The van der Waals surface area contributed by atoms with Crippen molar-refractivity contribution in [1.29, 1.82) is 0 Å². The number of H-pyrrole nitrogens is 1. The standard InChI is InChI=1S/C17H20FN3O/c1-17(2,3)16(22)19-15-13(10-7-8-10)20-21-14(15)11-5-4-6-12(18)9-11/h4-6,9-10H,7-8H2,1-3H3,(H,19,22)(H,20,21). The first-order valence-corrected chi connectivity index (χ1v) is 7.52. The summed E-state index contributed by atoms with van der Waals surface area (Å²) >= 11 is 0. The van der Waals surface area contributed by atoms with Gasteiger partial charge in [0, 0.05) is 16.9 Å². The van der Waals surface area contributed by atoms with Crippen LogP contribution in [0.3, 0.4) is 0 Å². The minimum absolute atomic E-state index is 0.0755. The van der Waals surface area contributed by atoms with Crippen molar-refractivity contribution in [1.82, 2.24) is 10.2 Å². The van der Waals surface area contributed by atoms with Crippen LogP contribution in [0.25, 0.3) is 11.3 Å². The summed E-state index contributed by atoms with van der Waals surface area (Å²) in [6.45, 7) is 5.59. The zero-order chi connectivity index (χ0) is 15.9. The van der Waals surface area contributed by atoms with E-state index in [-0.39, 0.29) is 11.7 Å². The zero-order valence-corrected chi connectivity index (χ0v) is 13.0.